The molecule has 0 spiro atoms. The van der Waals surface area contributed by atoms with Crippen LogP contribution in [0, 0.1) is 5.92 Å². The molecule has 10 heteroatoms. The second-order valence-electron chi connectivity index (χ2n) is 8.75. The van der Waals surface area contributed by atoms with Gasteiger partial charge >= 0.3 is 0 Å². The van der Waals surface area contributed by atoms with Gasteiger partial charge < -0.3 is 9.80 Å². The minimum absolute atomic E-state index is 0.0259. The zero-order chi connectivity index (χ0) is 22.9. The van der Waals surface area contributed by atoms with E-state index in [9.17, 15) is 9.59 Å². The summed E-state index contributed by atoms with van der Waals surface area (Å²) in [6.07, 6.45) is 2.63. The van der Waals surface area contributed by atoms with E-state index in [1.807, 2.05) is 38.9 Å². The molecule has 0 N–H and O–H groups in total. The molecule has 0 aliphatic carbocycles. The lowest BCUT2D eigenvalue weighted by Crippen LogP contribution is -2.49. The van der Waals surface area contributed by atoms with Gasteiger partial charge in [0.05, 0.1) is 5.52 Å². The fourth-order valence-electron chi connectivity index (χ4n) is 4.37. The Labute approximate surface area is 195 Å². The number of rotatable bonds is 6. The van der Waals surface area contributed by atoms with Crippen LogP contribution in [-0.4, -0.2) is 61.1 Å². The standard InChI is InChI=1S/C23H27N7O2S/c1-16(2)15-29-22(32)21-17(8-14-33-21)30-19(25-26-23(29)30)6-7-20(31)28-12-10-27(11-13-28)18-5-3-4-9-24-18/h3-5,8-9,14,16H,6-7,10-13,15H2,1-2H3. The van der Waals surface area contributed by atoms with Crippen molar-refractivity contribution in [3.8, 4) is 0 Å². The van der Waals surface area contributed by atoms with E-state index < -0.39 is 0 Å². The van der Waals surface area contributed by atoms with Crippen molar-refractivity contribution in [2.45, 2.75) is 33.2 Å². The van der Waals surface area contributed by atoms with Crippen LogP contribution in [0.2, 0.25) is 0 Å². The summed E-state index contributed by atoms with van der Waals surface area (Å²) in [6.45, 7) is 7.63. The number of carbonyl (C=O) groups excluding carboxylic acids is 1. The van der Waals surface area contributed by atoms with E-state index in [0.717, 1.165) is 24.4 Å². The Kier molecular flexibility index (Phi) is 5.84. The summed E-state index contributed by atoms with van der Waals surface area (Å²) in [5.74, 6) is 2.63. The number of aromatic nitrogens is 5. The molecular weight excluding hydrogens is 438 g/mol. The first-order valence-corrected chi connectivity index (χ1v) is 12.2. The Morgan fingerprint density at radius 3 is 2.67 bits per heavy atom. The highest BCUT2D eigenvalue weighted by atomic mass is 32.1. The monoisotopic (exact) mass is 465 g/mol. The molecule has 5 rings (SSSR count). The van der Waals surface area contributed by atoms with E-state index in [1.165, 1.54) is 11.3 Å². The Hall–Kier alpha value is -3.27. The van der Waals surface area contributed by atoms with Gasteiger partial charge in [0.15, 0.2) is 0 Å². The highest BCUT2D eigenvalue weighted by molar-refractivity contribution is 7.17. The minimum Gasteiger partial charge on any atom is -0.353 e. The fraction of sp³-hybridized carbons (Fsp3) is 0.435. The van der Waals surface area contributed by atoms with E-state index in [1.54, 1.807) is 10.8 Å². The second-order valence-corrected chi connectivity index (χ2v) is 9.67. The number of thiophene rings is 1. The van der Waals surface area contributed by atoms with E-state index in [0.29, 0.717) is 54.7 Å². The number of aryl methyl sites for hydroxylation is 1. The molecule has 1 fully saturated rings. The van der Waals surface area contributed by atoms with Crippen LogP contribution in [0.3, 0.4) is 0 Å². The highest BCUT2D eigenvalue weighted by Crippen LogP contribution is 2.21. The predicted octanol–water partition coefficient (Wildman–Crippen LogP) is 2.44. The van der Waals surface area contributed by atoms with Crippen molar-refractivity contribution in [1.82, 2.24) is 29.0 Å². The van der Waals surface area contributed by atoms with Crippen LogP contribution in [0.5, 0.6) is 0 Å². The van der Waals surface area contributed by atoms with Gasteiger partial charge in [-0.2, -0.15) is 0 Å². The highest BCUT2D eigenvalue weighted by Gasteiger charge is 2.23. The maximum atomic E-state index is 13.0. The van der Waals surface area contributed by atoms with Crippen molar-refractivity contribution in [2.75, 3.05) is 31.1 Å². The summed E-state index contributed by atoms with van der Waals surface area (Å²) in [6, 6.07) is 7.81. The molecule has 9 nitrogen and oxygen atoms in total. The largest absolute Gasteiger partial charge is 0.353 e. The number of piperazine rings is 1. The zero-order valence-electron chi connectivity index (χ0n) is 18.8. The molecule has 0 bridgehead atoms. The Morgan fingerprint density at radius 1 is 1.12 bits per heavy atom. The van der Waals surface area contributed by atoms with Crippen LogP contribution in [0.1, 0.15) is 26.1 Å². The quantitative estimate of drug-likeness (QED) is 0.435. The second kappa shape index (κ2) is 8.93. The third-order valence-electron chi connectivity index (χ3n) is 5.99. The summed E-state index contributed by atoms with van der Waals surface area (Å²) in [4.78, 5) is 34.4. The maximum absolute atomic E-state index is 13.0. The molecule has 172 valence electrons. The molecule has 1 aliphatic heterocycles. The van der Waals surface area contributed by atoms with E-state index in [4.69, 9.17) is 0 Å². The van der Waals surface area contributed by atoms with Gasteiger partial charge in [0.2, 0.25) is 11.7 Å². The lowest BCUT2D eigenvalue weighted by molar-refractivity contribution is -0.131. The predicted molar refractivity (Wildman–Crippen MR) is 129 cm³/mol. The van der Waals surface area contributed by atoms with Gasteiger partial charge in [0, 0.05) is 51.8 Å². The van der Waals surface area contributed by atoms with Gasteiger partial charge in [-0.1, -0.05) is 19.9 Å². The first-order chi connectivity index (χ1) is 16.0. The van der Waals surface area contributed by atoms with Crippen molar-refractivity contribution >= 4 is 39.1 Å². The third kappa shape index (κ3) is 4.10. The number of hydrogen-bond donors (Lipinski definition) is 0. The molecule has 1 aliphatic rings. The lowest BCUT2D eigenvalue weighted by Gasteiger charge is -2.35. The molecule has 0 atom stereocenters. The molecule has 1 saturated heterocycles. The number of anilines is 1. The molecule has 33 heavy (non-hydrogen) atoms. The molecule has 0 aromatic carbocycles. The van der Waals surface area contributed by atoms with Gasteiger partial charge in [0.25, 0.3) is 5.56 Å². The first kappa shape index (κ1) is 21.6. The Morgan fingerprint density at radius 2 is 1.94 bits per heavy atom. The SMILES string of the molecule is CC(C)Cn1c(=O)c2sccc2n2c(CCC(=O)N3CCN(c4ccccn4)CC3)nnc12. The Bertz CT molecular complexity index is 1330. The van der Waals surface area contributed by atoms with Gasteiger partial charge in [-0.25, -0.2) is 4.98 Å². The smallest absolute Gasteiger partial charge is 0.272 e. The van der Waals surface area contributed by atoms with Gasteiger partial charge in [-0.05, 0) is 29.5 Å². The number of amides is 1. The van der Waals surface area contributed by atoms with Crippen molar-refractivity contribution in [3.05, 3.63) is 52.0 Å². The first-order valence-electron chi connectivity index (χ1n) is 11.3. The van der Waals surface area contributed by atoms with Crippen LogP contribution in [0.4, 0.5) is 5.82 Å². The van der Waals surface area contributed by atoms with Crippen molar-refractivity contribution in [1.29, 1.82) is 0 Å². The number of carbonyl (C=O) groups is 1. The molecule has 5 heterocycles. The van der Waals surface area contributed by atoms with Crippen LogP contribution in [0.15, 0.2) is 40.6 Å². The average molecular weight is 466 g/mol. The van der Waals surface area contributed by atoms with E-state index in [-0.39, 0.29) is 11.5 Å². The molecule has 0 saturated carbocycles. The van der Waals surface area contributed by atoms with Crippen LogP contribution < -0.4 is 10.5 Å². The summed E-state index contributed by atoms with van der Waals surface area (Å²) >= 11 is 1.43. The van der Waals surface area contributed by atoms with Crippen molar-refractivity contribution in [3.63, 3.8) is 0 Å². The number of fused-ring (bicyclic) bond motifs is 3. The third-order valence-corrected chi connectivity index (χ3v) is 6.89. The van der Waals surface area contributed by atoms with Crippen LogP contribution >= 0.6 is 11.3 Å². The number of hydrogen-bond acceptors (Lipinski definition) is 7. The lowest BCUT2D eigenvalue weighted by atomic mass is 10.2. The normalized spacial score (nSPS) is 14.6. The summed E-state index contributed by atoms with van der Waals surface area (Å²) < 4.78 is 4.35. The fourth-order valence-corrected chi connectivity index (χ4v) is 5.20. The molecule has 4 aromatic heterocycles. The number of pyridine rings is 1. The topological polar surface area (TPSA) is 88.6 Å². The van der Waals surface area contributed by atoms with Gasteiger partial charge in [-0.15, -0.1) is 21.5 Å². The zero-order valence-corrected chi connectivity index (χ0v) is 19.7. The maximum Gasteiger partial charge on any atom is 0.272 e. The molecule has 0 radical (unpaired) electrons. The molecular formula is C23H27N7O2S. The van der Waals surface area contributed by atoms with Crippen LogP contribution in [-0.2, 0) is 17.8 Å². The molecule has 4 aromatic rings. The van der Waals surface area contributed by atoms with E-state index >= 15 is 0 Å². The van der Waals surface area contributed by atoms with Crippen LogP contribution in [0.25, 0.3) is 16.0 Å². The average Bonchev–Trinajstić information content (AvgIpc) is 3.48. The van der Waals surface area contributed by atoms with Gasteiger partial charge in [-0.3, -0.25) is 18.6 Å². The summed E-state index contributed by atoms with van der Waals surface area (Å²) in [7, 11) is 0. The summed E-state index contributed by atoms with van der Waals surface area (Å²) in [5.41, 5.74) is 0.790. The van der Waals surface area contributed by atoms with Crippen molar-refractivity contribution in [2.24, 2.45) is 5.92 Å². The minimum atomic E-state index is -0.0259. The Balaban J connectivity index is 1.32. The van der Waals surface area contributed by atoms with Gasteiger partial charge in [0.1, 0.15) is 16.3 Å². The van der Waals surface area contributed by atoms with Crippen molar-refractivity contribution < 1.29 is 4.79 Å². The molecule has 1 amide bonds. The summed E-state index contributed by atoms with van der Waals surface area (Å²) in [5, 5.41) is 10.6. The van der Waals surface area contributed by atoms with E-state index in [2.05, 4.69) is 33.9 Å². The molecule has 0 unspecified atom stereocenters. The number of nitrogens with zero attached hydrogens (tertiary/aromatic N) is 7.